The van der Waals surface area contributed by atoms with Crippen LogP contribution < -0.4 is 4.90 Å². The van der Waals surface area contributed by atoms with Crippen LogP contribution in [0.4, 0.5) is 5.69 Å². The fourth-order valence-corrected chi connectivity index (χ4v) is 2.37. The summed E-state index contributed by atoms with van der Waals surface area (Å²) in [5, 5.41) is 0. The molecule has 0 radical (unpaired) electrons. The van der Waals surface area contributed by atoms with E-state index in [-0.39, 0.29) is 6.17 Å². The summed E-state index contributed by atoms with van der Waals surface area (Å²) >= 11 is 0. The second-order valence-corrected chi connectivity index (χ2v) is 4.98. The Bertz CT molecular complexity index is 552. The van der Waals surface area contributed by atoms with E-state index in [0.717, 1.165) is 0 Å². The van der Waals surface area contributed by atoms with Crippen molar-refractivity contribution in [3.63, 3.8) is 0 Å². The smallest absolute Gasteiger partial charge is 0.243 e. The zero-order chi connectivity index (χ0) is 13.4. The molecule has 1 atom stereocenters. The van der Waals surface area contributed by atoms with Gasteiger partial charge in [-0.25, -0.2) is 0 Å². The molecule has 0 bridgehead atoms. The Labute approximate surface area is 109 Å². The number of hydrogen-bond acceptors (Lipinski definition) is 2. The highest BCUT2D eigenvalue weighted by Crippen LogP contribution is 2.32. The van der Waals surface area contributed by atoms with Gasteiger partial charge in [-0.2, -0.15) is 0 Å². The number of rotatable bonds is 1. The Morgan fingerprint density at radius 3 is 2.44 bits per heavy atom. The van der Waals surface area contributed by atoms with Gasteiger partial charge in [0.15, 0.2) is 6.17 Å². The zero-order valence-corrected chi connectivity index (χ0v) is 11.7. The van der Waals surface area contributed by atoms with Gasteiger partial charge in [0.2, 0.25) is 5.82 Å². The quantitative estimate of drug-likeness (QED) is 0.698. The fraction of sp³-hybridized carbons (Fsp3) is 0.400. The molecule has 3 heteroatoms. The van der Waals surface area contributed by atoms with Crippen LogP contribution in [0.15, 0.2) is 24.2 Å². The van der Waals surface area contributed by atoms with Crippen LogP contribution in [0.2, 0.25) is 0 Å². The minimum atomic E-state index is 0.189. The van der Waals surface area contributed by atoms with Gasteiger partial charge in [-0.3, -0.25) is 0 Å². The summed E-state index contributed by atoms with van der Waals surface area (Å²) in [6.07, 6.45) is 2.13. The van der Waals surface area contributed by atoms with Crippen molar-refractivity contribution < 1.29 is 0 Å². The minimum Gasteiger partial charge on any atom is -0.363 e. The predicted molar refractivity (Wildman–Crippen MR) is 75.0 cm³/mol. The molecule has 94 valence electrons. The normalized spacial score (nSPS) is 18.9. The molecule has 0 saturated carbocycles. The summed E-state index contributed by atoms with van der Waals surface area (Å²) in [4.78, 5) is 7.75. The van der Waals surface area contributed by atoms with Crippen molar-refractivity contribution >= 4 is 5.69 Å². The van der Waals surface area contributed by atoms with Crippen LogP contribution in [0, 0.1) is 27.3 Å². The summed E-state index contributed by atoms with van der Waals surface area (Å²) in [6, 6.07) is 4.39. The lowest BCUT2D eigenvalue weighted by molar-refractivity contribution is 0.364. The number of nitrogens with zero attached hydrogens (tertiary/aromatic N) is 3. The highest BCUT2D eigenvalue weighted by molar-refractivity contribution is 5.61. The SMILES string of the molecule is [C-]#[N+]C1=CN(c2cc(C)cc(C)c2C)[C@@H](C)N1C. The van der Waals surface area contributed by atoms with Gasteiger partial charge in [-0.05, 0) is 50.5 Å². The van der Waals surface area contributed by atoms with Crippen LogP contribution in [0.25, 0.3) is 4.85 Å². The van der Waals surface area contributed by atoms with Gasteiger partial charge in [-0.15, -0.1) is 0 Å². The third kappa shape index (κ3) is 1.84. The Morgan fingerprint density at radius 1 is 1.22 bits per heavy atom. The van der Waals surface area contributed by atoms with Crippen molar-refractivity contribution in [2.24, 2.45) is 0 Å². The molecular formula is C15H19N3. The van der Waals surface area contributed by atoms with Crippen LogP contribution in [0.3, 0.4) is 0 Å². The molecule has 0 unspecified atom stereocenters. The molecule has 3 nitrogen and oxygen atoms in total. The monoisotopic (exact) mass is 241 g/mol. The Balaban J connectivity index is 2.51. The van der Waals surface area contributed by atoms with E-state index in [1.54, 1.807) is 0 Å². The maximum Gasteiger partial charge on any atom is 0.243 e. The highest BCUT2D eigenvalue weighted by Gasteiger charge is 2.29. The van der Waals surface area contributed by atoms with E-state index >= 15 is 0 Å². The fourth-order valence-electron chi connectivity index (χ4n) is 2.37. The number of hydrogen-bond donors (Lipinski definition) is 0. The molecule has 1 heterocycles. The molecule has 0 saturated heterocycles. The summed E-state index contributed by atoms with van der Waals surface area (Å²) in [5.74, 6) is 0.695. The second-order valence-electron chi connectivity index (χ2n) is 4.98. The topological polar surface area (TPSA) is 10.8 Å². The molecule has 1 aromatic carbocycles. The first-order chi connectivity index (χ1) is 8.45. The summed E-state index contributed by atoms with van der Waals surface area (Å²) in [5.41, 5.74) is 5.03. The minimum absolute atomic E-state index is 0.189. The lowest BCUT2D eigenvalue weighted by Gasteiger charge is -2.27. The van der Waals surface area contributed by atoms with E-state index in [9.17, 15) is 0 Å². The first-order valence-corrected chi connectivity index (χ1v) is 6.14. The second kappa shape index (κ2) is 4.38. The van der Waals surface area contributed by atoms with Crippen molar-refractivity contribution in [2.45, 2.75) is 33.9 Å². The van der Waals surface area contributed by atoms with Crippen molar-refractivity contribution in [3.8, 4) is 0 Å². The third-order valence-electron chi connectivity index (χ3n) is 3.76. The van der Waals surface area contributed by atoms with E-state index in [1.165, 1.54) is 22.4 Å². The maximum atomic E-state index is 7.20. The zero-order valence-electron chi connectivity index (χ0n) is 11.7. The predicted octanol–water partition coefficient (Wildman–Crippen LogP) is 3.43. The van der Waals surface area contributed by atoms with Crippen molar-refractivity contribution in [2.75, 3.05) is 11.9 Å². The van der Waals surface area contributed by atoms with Crippen LogP contribution in [-0.4, -0.2) is 18.1 Å². The van der Waals surface area contributed by atoms with Gasteiger partial charge in [0.05, 0.1) is 7.05 Å². The van der Waals surface area contributed by atoms with E-state index in [0.29, 0.717) is 5.82 Å². The largest absolute Gasteiger partial charge is 0.363 e. The van der Waals surface area contributed by atoms with Crippen LogP contribution in [-0.2, 0) is 0 Å². The van der Waals surface area contributed by atoms with Crippen LogP contribution >= 0.6 is 0 Å². The molecule has 0 aliphatic carbocycles. The van der Waals surface area contributed by atoms with Gasteiger partial charge in [-0.1, -0.05) is 12.6 Å². The standard InChI is InChI=1S/C15H19N3/c1-10-7-11(2)12(3)14(8-10)18-9-15(16-5)17(6)13(18)4/h7-9,13H,1-4,6H3/t13-/m0/s1. The number of aryl methyl sites for hydroxylation is 2. The molecule has 0 spiro atoms. The molecule has 18 heavy (non-hydrogen) atoms. The van der Waals surface area contributed by atoms with Crippen molar-refractivity contribution in [3.05, 3.63) is 52.3 Å². The lowest BCUT2D eigenvalue weighted by atomic mass is 10.0. The first-order valence-electron chi connectivity index (χ1n) is 6.14. The summed E-state index contributed by atoms with van der Waals surface area (Å²) < 4.78 is 0. The van der Waals surface area contributed by atoms with Gasteiger partial charge >= 0.3 is 0 Å². The van der Waals surface area contributed by atoms with Gasteiger partial charge in [0.25, 0.3) is 0 Å². The van der Waals surface area contributed by atoms with Crippen molar-refractivity contribution in [1.29, 1.82) is 0 Å². The molecule has 1 aliphatic rings. The van der Waals surface area contributed by atoms with Gasteiger partial charge in [0.1, 0.15) is 0 Å². The molecule has 0 N–H and O–H groups in total. The van der Waals surface area contributed by atoms with E-state index in [1.807, 2.05) is 18.1 Å². The molecule has 1 aromatic rings. The Kier molecular flexibility index (Phi) is 3.04. The average molecular weight is 241 g/mol. The van der Waals surface area contributed by atoms with Gasteiger partial charge < -0.3 is 14.6 Å². The summed E-state index contributed by atoms with van der Waals surface area (Å²) in [7, 11) is 1.96. The number of anilines is 1. The Morgan fingerprint density at radius 2 is 1.89 bits per heavy atom. The van der Waals surface area contributed by atoms with E-state index < -0.39 is 0 Å². The third-order valence-corrected chi connectivity index (χ3v) is 3.76. The number of benzene rings is 1. The average Bonchev–Trinajstić information content (AvgIpc) is 2.61. The lowest BCUT2D eigenvalue weighted by Crippen LogP contribution is -2.34. The Hall–Kier alpha value is -1.95. The maximum absolute atomic E-state index is 7.20. The van der Waals surface area contributed by atoms with E-state index in [2.05, 4.69) is 49.6 Å². The molecule has 1 aliphatic heterocycles. The molecule has 0 amide bonds. The van der Waals surface area contributed by atoms with E-state index in [4.69, 9.17) is 6.57 Å². The molecular weight excluding hydrogens is 222 g/mol. The van der Waals surface area contributed by atoms with Crippen LogP contribution in [0.5, 0.6) is 0 Å². The molecule has 2 rings (SSSR count). The molecule has 0 aromatic heterocycles. The summed E-state index contributed by atoms with van der Waals surface area (Å²) in [6.45, 7) is 15.7. The molecule has 0 fully saturated rings. The van der Waals surface area contributed by atoms with Crippen LogP contribution in [0.1, 0.15) is 23.6 Å². The highest BCUT2D eigenvalue weighted by atomic mass is 15.4. The van der Waals surface area contributed by atoms with Crippen molar-refractivity contribution in [1.82, 2.24) is 4.90 Å². The van der Waals surface area contributed by atoms with Gasteiger partial charge in [0, 0.05) is 11.9 Å². The first kappa shape index (κ1) is 12.5.